The highest BCUT2D eigenvalue weighted by molar-refractivity contribution is 7.19. The van der Waals surface area contributed by atoms with Crippen molar-refractivity contribution in [1.82, 2.24) is 0 Å². The lowest BCUT2D eigenvalue weighted by atomic mass is 9.73. The number of hydrogen-bond donors (Lipinski definition) is 0. The van der Waals surface area contributed by atoms with Crippen LogP contribution in [0.25, 0.3) is 0 Å². The van der Waals surface area contributed by atoms with Gasteiger partial charge in [0.05, 0.1) is 0 Å². The third kappa shape index (κ3) is 8.01. The summed E-state index contributed by atoms with van der Waals surface area (Å²) in [6.07, 6.45) is 23.3. The van der Waals surface area contributed by atoms with E-state index in [0.29, 0.717) is 5.16 Å². The van der Waals surface area contributed by atoms with Crippen LogP contribution in [0, 0.1) is 5.92 Å². The van der Waals surface area contributed by atoms with Crippen LogP contribution in [0.15, 0.2) is 0 Å². The van der Waals surface area contributed by atoms with Crippen LogP contribution < -0.4 is 0 Å². The Balaban J connectivity index is 2.25. The van der Waals surface area contributed by atoms with Gasteiger partial charge in [-0.2, -0.15) is 0 Å². The van der Waals surface area contributed by atoms with Crippen LogP contribution in [0.3, 0.4) is 0 Å². The summed E-state index contributed by atoms with van der Waals surface area (Å²) in [7, 11) is 3.33. The Morgan fingerprint density at radius 2 is 1.43 bits per heavy atom. The third-order valence-corrected chi connectivity index (χ3v) is 6.71. The van der Waals surface area contributed by atoms with Crippen molar-refractivity contribution in [1.29, 1.82) is 0 Å². The van der Waals surface area contributed by atoms with E-state index in [0.717, 1.165) is 5.92 Å². The molecule has 0 aromatic carbocycles. The Hall–Kier alpha value is 0.430. The molecule has 0 radical (unpaired) electrons. The molecule has 0 saturated heterocycles. The molecule has 1 rings (SSSR count). The van der Waals surface area contributed by atoms with Gasteiger partial charge in [-0.15, -0.1) is 9.24 Å². The maximum atomic E-state index is 3.33. The van der Waals surface area contributed by atoms with E-state index in [1.54, 1.807) is 0 Å². The Bertz CT molecular complexity index is 238. The molecule has 0 spiro atoms. The van der Waals surface area contributed by atoms with Crippen molar-refractivity contribution in [3.05, 3.63) is 0 Å². The molecule has 1 saturated carbocycles. The highest BCUT2D eigenvalue weighted by Gasteiger charge is 2.35. The first-order valence-corrected chi connectivity index (χ1v) is 10.6. The molecule has 1 aliphatic rings. The minimum Gasteiger partial charge on any atom is -0.131 e. The summed E-state index contributed by atoms with van der Waals surface area (Å²) in [5.41, 5.74) is 0. The van der Waals surface area contributed by atoms with Crippen LogP contribution in [0.4, 0.5) is 0 Å². The Labute approximate surface area is 137 Å². The highest BCUT2D eigenvalue weighted by Crippen LogP contribution is 2.46. The summed E-state index contributed by atoms with van der Waals surface area (Å²) < 4.78 is 0. The smallest absolute Gasteiger partial charge is 0.0122 e. The Kier molecular flexibility index (Phi) is 11.1. The Morgan fingerprint density at radius 1 is 0.810 bits per heavy atom. The highest BCUT2D eigenvalue weighted by atomic mass is 31.0. The van der Waals surface area contributed by atoms with E-state index in [9.17, 15) is 0 Å². The quantitative estimate of drug-likeness (QED) is 0.258. The third-order valence-electron chi connectivity index (χ3n) is 5.66. The van der Waals surface area contributed by atoms with E-state index >= 15 is 0 Å². The van der Waals surface area contributed by atoms with Crippen LogP contribution in [-0.4, -0.2) is 5.16 Å². The van der Waals surface area contributed by atoms with Crippen LogP contribution in [0.2, 0.25) is 0 Å². The molecule has 3 unspecified atom stereocenters. The monoisotopic (exact) mass is 312 g/mol. The van der Waals surface area contributed by atoms with Gasteiger partial charge in [-0.05, 0) is 36.8 Å². The van der Waals surface area contributed by atoms with Crippen molar-refractivity contribution in [2.24, 2.45) is 5.92 Å². The molecule has 1 heteroatoms. The predicted octanol–water partition coefficient (Wildman–Crippen LogP) is 7.51. The second kappa shape index (κ2) is 11.9. The fourth-order valence-electron chi connectivity index (χ4n) is 4.15. The molecular formula is C20H41P. The molecule has 0 bridgehead atoms. The van der Waals surface area contributed by atoms with Crippen LogP contribution in [0.1, 0.15) is 117 Å². The van der Waals surface area contributed by atoms with Crippen LogP contribution in [0.5, 0.6) is 0 Å². The maximum absolute atomic E-state index is 3.33. The van der Waals surface area contributed by atoms with Crippen molar-refractivity contribution in [3.8, 4) is 0 Å². The lowest BCUT2D eigenvalue weighted by Crippen LogP contribution is -2.34. The molecule has 0 aromatic rings. The van der Waals surface area contributed by atoms with Gasteiger partial charge in [0, 0.05) is 0 Å². The molecule has 0 amide bonds. The van der Waals surface area contributed by atoms with Crippen LogP contribution in [-0.2, 0) is 0 Å². The molecule has 0 nitrogen and oxygen atoms in total. The van der Waals surface area contributed by atoms with Crippen molar-refractivity contribution in [3.63, 3.8) is 0 Å². The standard InChI is InChI=1S/C20H41P/c1-3-5-7-9-11-15-19-16-12-14-18-20(19,21)17-13-10-8-6-4-2/h19H,3-18,21H2,1-2H3. The molecule has 0 aliphatic heterocycles. The van der Waals surface area contributed by atoms with Gasteiger partial charge in [0.25, 0.3) is 0 Å². The molecule has 126 valence electrons. The van der Waals surface area contributed by atoms with Crippen molar-refractivity contribution >= 4 is 9.24 Å². The summed E-state index contributed by atoms with van der Waals surface area (Å²) in [4.78, 5) is 0. The van der Waals surface area contributed by atoms with Gasteiger partial charge in [-0.1, -0.05) is 90.9 Å². The van der Waals surface area contributed by atoms with Gasteiger partial charge in [0.1, 0.15) is 0 Å². The molecule has 0 N–H and O–H groups in total. The average Bonchev–Trinajstić information content (AvgIpc) is 2.49. The SMILES string of the molecule is CCCCCCCC1CCCCC1(P)CCCCCCC. The van der Waals surface area contributed by atoms with E-state index in [-0.39, 0.29) is 0 Å². The minimum absolute atomic E-state index is 0.606. The zero-order valence-electron chi connectivity index (χ0n) is 15.0. The van der Waals surface area contributed by atoms with E-state index in [1.807, 2.05) is 0 Å². The topological polar surface area (TPSA) is 0 Å². The van der Waals surface area contributed by atoms with Gasteiger partial charge in [-0.25, -0.2) is 0 Å². The fraction of sp³-hybridized carbons (Fsp3) is 1.00. The summed E-state index contributed by atoms with van der Waals surface area (Å²) >= 11 is 0. The largest absolute Gasteiger partial charge is 0.131 e. The molecule has 0 aromatic heterocycles. The first-order valence-electron chi connectivity index (χ1n) is 10.0. The minimum atomic E-state index is 0.606. The van der Waals surface area contributed by atoms with Gasteiger partial charge >= 0.3 is 0 Å². The summed E-state index contributed by atoms with van der Waals surface area (Å²) in [6.45, 7) is 4.63. The molecule has 1 aliphatic carbocycles. The normalized spacial score (nSPS) is 26.1. The Morgan fingerprint density at radius 3 is 2.10 bits per heavy atom. The van der Waals surface area contributed by atoms with Crippen LogP contribution >= 0.6 is 9.24 Å². The van der Waals surface area contributed by atoms with Gasteiger partial charge < -0.3 is 0 Å². The molecule has 1 fully saturated rings. The fourth-order valence-corrected chi connectivity index (χ4v) is 4.89. The second-order valence-corrected chi connectivity index (χ2v) is 8.69. The van der Waals surface area contributed by atoms with E-state index < -0.39 is 0 Å². The van der Waals surface area contributed by atoms with E-state index in [4.69, 9.17) is 0 Å². The zero-order valence-corrected chi connectivity index (χ0v) is 16.1. The second-order valence-electron chi connectivity index (χ2n) is 7.54. The summed E-state index contributed by atoms with van der Waals surface area (Å²) in [5, 5.41) is 0.606. The van der Waals surface area contributed by atoms with E-state index in [1.165, 1.54) is 103 Å². The van der Waals surface area contributed by atoms with Crippen molar-refractivity contribution < 1.29 is 0 Å². The zero-order chi connectivity index (χ0) is 15.4. The number of unbranched alkanes of at least 4 members (excludes halogenated alkanes) is 8. The summed E-state index contributed by atoms with van der Waals surface area (Å²) in [5.74, 6) is 1.00. The maximum Gasteiger partial charge on any atom is -0.0122 e. The molecule has 3 atom stereocenters. The van der Waals surface area contributed by atoms with Crippen molar-refractivity contribution in [2.75, 3.05) is 0 Å². The average molecular weight is 313 g/mol. The first kappa shape index (κ1) is 19.5. The predicted molar refractivity (Wildman–Crippen MR) is 101 cm³/mol. The number of hydrogen-bond acceptors (Lipinski definition) is 0. The molecule has 0 heterocycles. The first-order chi connectivity index (χ1) is 10.2. The van der Waals surface area contributed by atoms with Crippen molar-refractivity contribution in [2.45, 2.75) is 122 Å². The summed E-state index contributed by atoms with van der Waals surface area (Å²) in [6, 6.07) is 0. The van der Waals surface area contributed by atoms with Gasteiger partial charge in [-0.3, -0.25) is 0 Å². The lowest BCUT2D eigenvalue weighted by molar-refractivity contribution is 0.234. The lowest BCUT2D eigenvalue weighted by Gasteiger charge is -2.42. The molecular weight excluding hydrogens is 271 g/mol. The van der Waals surface area contributed by atoms with Gasteiger partial charge in [0.15, 0.2) is 0 Å². The van der Waals surface area contributed by atoms with E-state index in [2.05, 4.69) is 23.1 Å². The van der Waals surface area contributed by atoms with Gasteiger partial charge in [0.2, 0.25) is 0 Å². The molecule has 21 heavy (non-hydrogen) atoms. The number of rotatable bonds is 12.